The zero-order chi connectivity index (χ0) is 8.85. The van der Waals surface area contributed by atoms with Gasteiger partial charge in [-0.25, -0.2) is 0 Å². The molecule has 0 aliphatic heterocycles. The van der Waals surface area contributed by atoms with E-state index in [1.807, 2.05) is 0 Å². The largest absolute Gasteiger partial charge is 0.299 e. The van der Waals surface area contributed by atoms with Crippen molar-refractivity contribution in [2.75, 3.05) is 0 Å². The molecule has 0 radical (unpaired) electrons. The van der Waals surface area contributed by atoms with Gasteiger partial charge >= 0.3 is 0 Å². The van der Waals surface area contributed by atoms with Gasteiger partial charge in [-0.3, -0.25) is 5.32 Å². The first-order chi connectivity index (χ1) is 5.11. The van der Waals surface area contributed by atoms with E-state index in [1.54, 1.807) is 0 Å². The van der Waals surface area contributed by atoms with E-state index in [0.717, 1.165) is 6.42 Å². The van der Waals surface area contributed by atoms with Gasteiger partial charge < -0.3 is 0 Å². The van der Waals surface area contributed by atoms with E-state index in [0.29, 0.717) is 12.0 Å². The first kappa shape index (κ1) is 10.4. The van der Waals surface area contributed by atoms with Crippen LogP contribution in [0.15, 0.2) is 0 Å². The highest BCUT2D eigenvalue weighted by Crippen LogP contribution is 2.02. The molecule has 2 unspecified atom stereocenters. The van der Waals surface area contributed by atoms with E-state index >= 15 is 0 Å². The molecule has 1 N–H and O–H groups in total. The summed E-state index contributed by atoms with van der Waals surface area (Å²) in [5, 5.41) is 12.0. The Morgan fingerprint density at radius 1 is 1.36 bits per heavy atom. The maximum absolute atomic E-state index is 8.73. The fraction of sp³-hybridized carbons (Fsp3) is 0.889. The minimum Gasteiger partial charge on any atom is -0.299 e. The van der Waals surface area contributed by atoms with Gasteiger partial charge in [0, 0.05) is 6.04 Å². The van der Waals surface area contributed by atoms with Crippen LogP contribution in [0.1, 0.15) is 34.1 Å². The third-order valence-corrected chi connectivity index (χ3v) is 1.88. The topological polar surface area (TPSA) is 35.8 Å². The van der Waals surface area contributed by atoms with E-state index in [2.05, 4.69) is 39.1 Å². The molecule has 0 aromatic heterocycles. The molecule has 0 aromatic carbocycles. The van der Waals surface area contributed by atoms with Gasteiger partial charge in [0.2, 0.25) is 0 Å². The third-order valence-electron chi connectivity index (χ3n) is 1.88. The van der Waals surface area contributed by atoms with E-state index < -0.39 is 0 Å². The summed E-state index contributed by atoms with van der Waals surface area (Å²) in [6, 6.07) is 2.71. The molecule has 64 valence electrons. The molecule has 0 aliphatic rings. The number of rotatable bonds is 4. The van der Waals surface area contributed by atoms with Crippen LogP contribution in [0.3, 0.4) is 0 Å². The van der Waals surface area contributed by atoms with Crippen molar-refractivity contribution in [3.8, 4) is 6.07 Å². The van der Waals surface area contributed by atoms with Crippen LogP contribution in [0.4, 0.5) is 0 Å². The lowest BCUT2D eigenvalue weighted by atomic mass is 10.0. The van der Waals surface area contributed by atoms with Gasteiger partial charge in [0.1, 0.15) is 0 Å². The minimum absolute atomic E-state index is 0.00458. The molecule has 0 aromatic rings. The van der Waals surface area contributed by atoms with Crippen molar-refractivity contribution in [2.24, 2.45) is 5.92 Å². The normalized spacial score (nSPS) is 16.0. The SMILES string of the molecule is CCC(C)NC(C#N)C(C)C. The summed E-state index contributed by atoms with van der Waals surface area (Å²) in [5.41, 5.74) is 0. The van der Waals surface area contributed by atoms with Crippen LogP contribution < -0.4 is 5.32 Å². The summed E-state index contributed by atoms with van der Waals surface area (Å²) in [6.07, 6.45) is 1.07. The molecule has 0 fully saturated rings. The zero-order valence-electron chi connectivity index (χ0n) is 7.89. The molecule has 0 saturated carbocycles. The van der Waals surface area contributed by atoms with Crippen molar-refractivity contribution in [3.63, 3.8) is 0 Å². The summed E-state index contributed by atoms with van der Waals surface area (Å²) in [7, 11) is 0. The van der Waals surface area contributed by atoms with Crippen molar-refractivity contribution >= 4 is 0 Å². The van der Waals surface area contributed by atoms with Crippen LogP contribution in [0.5, 0.6) is 0 Å². The lowest BCUT2D eigenvalue weighted by Gasteiger charge is -2.19. The zero-order valence-corrected chi connectivity index (χ0v) is 7.89. The van der Waals surface area contributed by atoms with Crippen LogP contribution in [0.25, 0.3) is 0 Å². The van der Waals surface area contributed by atoms with E-state index in [1.165, 1.54) is 0 Å². The summed E-state index contributed by atoms with van der Waals surface area (Å²) in [6.45, 7) is 8.34. The van der Waals surface area contributed by atoms with Crippen molar-refractivity contribution in [2.45, 2.75) is 46.2 Å². The van der Waals surface area contributed by atoms with Crippen molar-refractivity contribution < 1.29 is 0 Å². The van der Waals surface area contributed by atoms with Gasteiger partial charge in [-0.15, -0.1) is 0 Å². The first-order valence-electron chi connectivity index (χ1n) is 4.27. The predicted octanol–water partition coefficient (Wildman–Crippen LogP) is 1.92. The maximum Gasteiger partial charge on any atom is 0.0978 e. The summed E-state index contributed by atoms with van der Waals surface area (Å²) >= 11 is 0. The molecule has 2 nitrogen and oxygen atoms in total. The number of hydrogen-bond donors (Lipinski definition) is 1. The van der Waals surface area contributed by atoms with Crippen LogP contribution in [0.2, 0.25) is 0 Å². The van der Waals surface area contributed by atoms with Crippen LogP contribution in [0, 0.1) is 17.2 Å². The second-order valence-corrected chi connectivity index (χ2v) is 3.33. The van der Waals surface area contributed by atoms with Crippen LogP contribution in [-0.4, -0.2) is 12.1 Å². The Morgan fingerprint density at radius 3 is 2.18 bits per heavy atom. The number of nitrogens with one attached hydrogen (secondary N) is 1. The fourth-order valence-electron chi connectivity index (χ4n) is 0.803. The Hall–Kier alpha value is -0.550. The number of nitriles is 1. The quantitative estimate of drug-likeness (QED) is 0.671. The molecule has 2 heteroatoms. The molecule has 0 heterocycles. The van der Waals surface area contributed by atoms with E-state index in [9.17, 15) is 0 Å². The van der Waals surface area contributed by atoms with Gasteiger partial charge in [-0.1, -0.05) is 20.8 Å². The summed E-state index contributed by atoms with van der Waals surface area (Å²) < 4.78 is 0. The van der Waals surface area contributed by atoms with E-state index in [-0.39, 0.29) is 6.04 Å². The Bertz CT molecular complexity index is 135. The van der Waals surface area contributed by atoms with E-state index in [4.69, 9.17) is 5.26 Å². The molecule has 0 bridgehead atoms. The second kappa shape index (κ2) is 5.15. The smallest absolute Gasteiger partial charge is 0.0978 e. The molecule has 0 spiro atoms. The molecule has 0 amide bonds. The van der Waals surface area contributed by atoms with Gasteiger partial charge in [0.05, 0.1) is 12.1 Å². The van der Waals surface area contributed by atoms with Crippen molar-refractivity contribution in [1.82, 2.24) is 5.32 Å². The second-order valence-electron chi connectivity index (χ2n) is 3.33. The maximum atomic E-state index is 8.73. The minimum atomic E-state index is 0.00458. The molecular weight excluding hydrogens is 136 g/mol. The third kappa shape index (κ3) is 4.00. The van der Waals surface area contributed by atoms with Crippen molar-refractivity contribution in [3.05, 3.63) is 0 Å². The lowest BCUT2D eigenvalue weighted by Crippen LogP contribution is -2.38. The Morgan fingerprint density at radius 2 is 1.91 bits per heavy atom. The van der Waals surface area contributed by atoms with Gasteiger partial charge in [-0.2, -0.15) is 5.26 Å². The summed E-state index contributed by atoms with van der Waals surface area (Å²) in [4.78, 5) is 0. The standard InChI is InChI=1S/C9H18N2/c1-5-8(4)11-9(6-10)7(2)3/h7-9,11H,5H2,1-4H3. The highest BCUT2D eigenvalue weighted by molar-refractivity contribution is 4.92. The molecule has 0 aliphatic carbocycles. The average molecular weight is 154 g/mol. The van der Waals surface area contributed by atoms with Gasteiger partial charge in [-0.05, 0) is 19.3 Å². The molecule has 11 heavy (non-hydrogen) atoms. The van der Waals surface area contributed by atoms with Crippen molar-refractivity contribution in [1.29, 1.82) is 5.26 Å². The van der Waals surface area contributed by atoms with Crippen LogP contribution >= 0.6 is 0 Å². The Balaban J connectivity index is 3.80. The molecule has 0 saturated heterocycles. The van der Waals surface area contributed by atoms with Gasteiger partial charge in [0.15, 0.2) is 0 Å². The number of hydrogen-bond acceptors (Lipinski definition) is 2. The fourth-order valence-corrected chi connectivity index (χ4v) is 0.803. The van der Waals surface area contributed by atoms with Gasteiger partial charge in [0.25, 0.3) is 0 Å². The molecule has 0 rings (SSSR count). The van der Waals surface area contributed by atoms with Crippen LogP contribution in [-0.2, 0) is 0 Å². The summed E-state index contributed by atoms with van der Waals surface area (Å²) in [5.74, 6) is 0.397. The number of nitrogens with zero attached hydrogens (tertiary/aromatic N) is 1. The Kier molecular flexibility index (Phi) is 4.89. The highest BCUT2D eigenvalue weighted by Gasteiger charge is 2.13. The Labute approximate surface area is 69.6 Å². The lowest BCUT2D eigenvalue weighted by molar-refractivity contribution is 0.415. The monoisotopic (exact) mass is 154 g/mol. The molecule has 2 atom stereocenters. The highest BCUT2D eigenvalue weighted by atomic mass is 14.9. The predicted molar refractivity (Wildman–Crippen MR) is 47.1 cm³/mol. The molecular formula is C9H18N2. The average Bonchev–Trinajstić information content (AvgIpc) is 1.99. The first-order valence-corrected chi connectivity index (χ1v) is 4.27.